The maximum Gasteiger partial charge on any atom is 0.295 e. The zero-order valence-electron chi connectivity index (χ0n) is 22.8. The van der Waals surface area contributed by atoms with Crippen molar-refractivity contribution in [2.45, 2.75) is 33.2 Å². The smallest absolute Gasteiger partial charge is 0.295 e. The second-order valence-corrected chi connectivity index (χ2v) is 9.32. The number of carbonyl (C=O) groups is 2. The molecule has 1 unspecified atom stereocenters. The average molecular weight is 529 g/mol. The van der Waals surface area contributed by atoms with Gasteiger partial charge < -0.3 is 24.4 Å². The first kappa shape index (κ1) is 27.9. The summed E-state index contributed by atoms with van der Waals surface area (Å²) in [5.41, 5.74) is 1.21. The molecule has 204 valence electrons. The Kier molecular flexibility index (Phi) is 9.39. The number of carbonyl (C=O) groups excluding carboxylic acids is 2. The summed E-state index contributed by atoms with van der Waals surface area (Å²) in [7, 11) is 0. The molecule has 7 nitrogen and oxygen atoms in total. The summed E-state index contributed by atoms with van der Waals surface area (Å²) in [6.45, 7) is 9.63. The Hall–Kier alpha value is -4.10. The normalized spacial score (nSPS) is 16.6. The van der Waals surface area contributed by atoms with Crippen LogP contribution in [0.1, 0.15) is 44.4 Å². The third-order valence-electron chi connectivity index (χ3n) is 6.90. The molecule has 3 aromatic carbocycles. The number of benzene rings is 3. The number of likely N-dealkylation sites (tertiary alicyclic amines) is 1. The van der Waals surface area contributed by atoms with Gasteiger partial charge in [-0.2, -0.15) is 0 Å². The minimum atomic E-state index is -0.743. The van der Waals surface area contributed by atoms with Gasteiger partial charge in [-0.05, 0) is 87.1 Å². The second-order valence-electron chi connectivity index (χ2n) is 9.32. The van der Waals surface area contributed by atoms with Gasteiger partial charge in [-0.15, -0.1) is 0 Å². The molecule has 3 aromatic rings. The van der Waals surface area contributed by atoms with Crippen LogP contribution >= 0.6 is 0 Å². The van der Waals surface area contributed by atoms with Crippen molar-refractivity contribution in [2.75, 3.05) is 32.8 Å². The average Bonchev–Trinajstić information content (AvgIpc) is 3.21. The van der Waals surface area contributed by atoms with Crippen molar-refractivity contribution < 1.29 is 24.2 Å². The zero-order valence-corrected chi connectivity index (χ0v) is 22.8. The molecule has 39 heavy (non-hydrogen) atoms. The van der Waals surface area contributed by atoms with E-state index in [2.05, 4.69) is 18.7 Å². The van der Waals surface area contributed by atoms with Gasteiger partial charge in [0.15, 0.2) is 0 Å². The predicted molar refractivity (Wildman–Crippen MR) is 152 cm³/mol. The van der Waals surface area contributed by atoms with Gasteiger partial charge >= 0.3 is 0 Å². The summed E-state index contributed by atoms with van der Waals surface area (Å²) >= 11 is 0. The molecule has 1 amide bonds. The van der Waals surface area contributed by atoms with E-state index in [1.807, 2.05) is 61.5 Å². The van der Waals surface area contributed by atoms with Crippen molar-refractivity contribution in [3.05, 3.63) is 95.6 Å². The number of ketones is 1. The summed E-state index contributed by atoms with van der Waals surface area (Å²) in [5.74, 6) is 0.408. The number of para-hydroxylation sites is 1. The molecule has 1 N–H and O–H groups in total. The maximum absolute atomic E-state index is 13.4. The van der Waals surface area contributed by atoms with Crippen LogP contribution in [-0.4, -0.2) is 59.4 Å². The molecule has 0 radical (unpaired) electrons. The molecule has 1 aliphatic rings. The summed E-state index contributed by atoms with van der Waals surface area (Å²) in [4.78, 5) is 30.6. The minimum Gasteiger partial charge on any atom is -0.507 e. The molecule has 0 bridgehead atoms. The van der Waals surface area contributed by atoms with E-state index in [9.17, 15) is 14.7 Å². The van der Waals surface area contributed by atoms with E-state index in [-0.39, 0.29) is 11.3 Å². The monoisotopic (exact) mass is 528 g/mol. The summed E-state index contributed by atoms with van der Waals surface area (Å²) in [5, 5.41) is 11.4. The van der Waals surface area contributed by atoms with E-state index in [0.29, 0.717) is 47.9 Å². The highest BCUT2D eigenvalue weighted by Gasteiger charge is 2.46. The van der Waals surface area contributed by atoms with Crippen molar-refractivity contribution in [1.29, 1.82) is 0 Å². The van der Waals surface area contributed by atoms with Crippen LogP contribution in [0.3, 0.4) is 0 Å². The van der Waals surface area contributed by atoms with Gasteiger partial charge in [-0.1, -0.05) is 44.2 Å². The lowest BCUT2D eigenvalue weighted by Gasteiger charge is -2.27. The summed E-state index contributed by atoms with van der Waals surface area (Å²) in [6, 6.07) is 22.9. The van der Waals surface area contributed by atoms with E-state index < -0.39 is 17.7 Å². The highest BCUT2D eigenvalue weighted by Crippen LogP contribution is 2.41. The van der Waals surface area contributed by atoms with Crippen LogP contribution in [0.4, 0.5) is 0 Å². The second kappa shape index (κ2) is 13.1. The van der Waals surface area contributed by atoms with Crippen LogP contribution in [0.2, 0.25) is 0 Å². The standard InChI is InChI=1S/C32H36N2O5/c1-4-33(5-2)20-11-21-34-29(24-12-10-15-27(22-24)39-26-13-8-7-9-14-26)28(31(36)32(34)37)30(35)23-16-18-25(19-17-23)38-6-3/h7-10,12-19,22,29,35H,4-6,11,20-21H2,1-3H3/b30-28-. The van der Waals surface area contributed by atoms with E-state index in [1.54, 1.807) is 29.2 Å². The van der Waals surface area contributed by atoms with Crippen molar-refractivity contribution in [1.82, 2.24) is 9.80 Å². The van der Waals surface area contributed by atoms with Crippen LogP contribution in [0.15, 0.2) is 84.4 Å². The fourth-order valence-corrected chi connectivity index (χ4v) is 4.87. The molecule has 0 saturated carbocycles. The number of rotatable bonds is 12. The largest absolute Gasteiger partial charge is 0.507 e. The number of aliphatic hydroxyl groups is 1. The molecule has 1 aliphatic heterocycles. The van der Waals surface area contributed by atoms with Crippen LogP contribution in [0.25, 0.3) is 5.76 Å². The molecular weight excluding hydrogens is 492 g/mol. The molecule has 1 atom stereocenters. The lowest BCUT2D eigenvalue weighted by atomic mass is 9.95. The number of nitrogens with zero attached hydrogens (tertiary/aromatic N) is 2. The minimum absolute atomic E-state index is 0.0730. The molecule has 0 aliphatic carbocycles. The van der Waals surface area contributed by atoms with E-state index in [1.165, 1.54) is 0 Å². The van der Waals surface area contributed by atoms with E-state index >= 15 is 0 Å². The van der Waals surface area contributed by atoms with Gasteiger partial charge in [0.05, 0.1) is 18.2 Å². The molecule has 1 saturated heterocycles. The number of hydrogen-bond donors (Lipinski definition) is 1. The third-order valence-corrected chi connectivity index (χ3v) is 6.90. The lowest BCUT2D eigenvalue weighted by molar-refractivity contribution is -0.140. The van der Waals surface area contributed by atoms with Crippen molar-refractivity contribution in [3.63, 3.8) is 0 Å². The van der Waals surface area contributed by atoms with Gasteiger partial charge in [-0.3, -0.25) is 9.59 Å². The molecule has 0 aromatic heterocycles. The fraction of sp³-hybridized carbons (Fsp3) is 0.312. The number of Topliss-reactive ketones (excluding diaryl/α,β-unsaturated/α-hetero) is 1. The number of hydrogen-bond acceptors (Lipinski definition) is 6. The Morgan fingerprint density at radius 2 is 1.56 bits per heavy atom. The Morgan fingerprint density at radius 1 is 0.872 bits per heavy atom. The molecule has 1 fully saturated rings. The maximum atomic E-state index is 13.4. The summed E-state index contributed by atoms with van der Waals surface area (Å²) < 4.78 is 11.5. The third kappa shape index (κ3) is 6.49. The number of ether oxygens (including phenoxy) is 2. The highest BCUT2D eigenvalue weighted by atomic mass is 16.5. The Morgan fingerprint density at radius 3 is 2.23 bits per heavy atom. The van der Waals surface area contributed by atoms with E-state index in [0.717, 1.165) is 19.6 Å². The van der Waals surface area contributed by atoms with Crippen LogP contribution in [0, 0.1) is 0 Å². The van der Waals surface area contributed by atoms with Gasteiger partial charge in [0, 0.05) is 12.1 Å². The Labute approximate surface area is 230 Å². The first-order valence-corrected chi connectivity index (χ1v) is 13.5. The topological polar surface area (TPSA) is 79.3 Å². The summed E-state index contributed by atoms with van der Waals surface area (Å²) in [6.07, 6.45) is 0.703. The van der Waals surface area contributed by atoms with Crippen molar-refractivity contribution in [2.24, 2.45) is 0 Å². The predicted octanol–water partition coefficient (Wildman–Crippen LogP) is 6.03. The van der Waals surface area contributed by atoms with Crippen LogP contribution in [-0.2, 0) is 9.59 Å². The van der Waals surface area contributed by atoms with Gasteiger partial charge in [0.2, 0.25) is 0 Å². The van der Waals surface area contributed by atoms with Crippen molar-refractivity contribution >= 4 is 17.4 Å². The van der Waals surface area contributed by atoms with Gasteiger partial charge in [0.1, 0.15) is 23.0 Å². The van der Waals surface area contributed by atoms with Gasteiger partial charge in [0.25, 0.3) is 11.7 Å². The quantitative estimate of drug-likeness (QED) is 0.176. The Balaban J connectivity index is 1.73. The number of aliphatic hydroxyl groups excluding tert-OH is 1. The number of amides is 1. The SMILES string of the molecule is CCOc1ccc(/C(O)=C2/C(=O)C(=O)N(CCCN(CC)CC)C2c2cccc(Oc3ccccc3)c2)cc1. The Bertz CT molecular complexity index is 1300. The molecular formula is C32H36N2O5. The van der Waals surface area contributed by atoms with Crippen LogP contribution in [0.5, 0.6) is 17.2 Å². The zero-order chi connectivity index (χ0) is 27.8. The molecule has 0 spiro atoms. The first-order valence-electron chi connectivity index (χ1n) is 13.5. The molecule has 7 heteroatoms. The van der Waals surface area contributed by atoms with Crippen molar-refractivity contribution in [3.8, 4) is 17.2 Å². The first-order chi connectivity index (χ1) is 19.0. The highest BCUT2D eigenvalue weighted by molar-refractivity contribution is 6.46. The molecule has 1 heterocycles. The van der Waals surface area contributed by atoms with Crippen LogP contribution < -0.4 is 9.47 Å². The van der Waals surface area contributed by atoms with E-state index in [4.69, 9.17) is 9.47 Å². The molecule has 4 rings (SSSR count). The fourth-order valence-electron chi connectivity index (χ4n) is 4.87. The van der Waals surface area contributed by atoms with Gasteiger partial charge in [-0.25, -0.2) is 0 Å². The lowest BCUT2D eigenvalue weighted by Crippen LogP contribution is -2.33.